The van der Waals surface area contributed by atoms with Crippen LogP contribution in [0.1, 0.15) is 6.92 Å². The van der Waals surface area contributed by atoms with Crippen molar-refractivity contribution in [1.29, 1.82) is 0 Å². The molecule has 0 aromatic rings. The second kappa shape index (κ2) is 16.7. The lowest BCUT2D eigenvalue weighted by molar-refractivity contribution is -0.272. The molecule has 3 rings (SSSR count). The van der Waals surface area contributed by atoms with E-state index in [2.05, 4.69) is 12.5 Å². The van der Waals surface area contributed by atoms with Crippen LogP contribution in [0.4, 0.5) is 0 Å². The summed E-state index contributed by atoms with van der Waals surface area (Å²) in [4.78, 5) is 11.3. The first-order valence-electron chi connectivity index (χ1n) is 13.9. The van der Waals surface area contributed by atoms with Gasteiger partial charge >= 0.3 is 37.2 Å². The van der Waals surface area contributed by atoms with Crippen LogP contribution in [0.25, 0.3) is 0 Å². The molecule has 0 spiro atoms. The second-order valence-electron chi connectivity index (χ2n) is 11.0. The Morgan fingerprint density at radius 2 is 1.24 bits per heavy atom. The van der Waals surface area contributed by atoms with Gasteiger partial charge in [0, 0.05) is 11.8 Å². The lowest BCUT2D eigenvalue weighted by Crippen LogP contribution is -2.60. The normalized spacial score (nSPS) is 37.7. The molecule has 3 aliphatic heterocycles. The molecule has 0 amide bonds. The summed E-state index contributed by atoms with van der Waals surface area (Å²) in [6, 6.07) is 0. The second-order valence-corrected chi connectivity index (χ2v) is 14.2. The van der Waals surface area contributed by atoms with Gasteiger partial charge in [0.05, 0.1) is 45.2 Å². The number of aliphatic carboxylic acids is 1. The van der Waals surface area contributed by atoms with Gasteiger partial charge < -0.3 is 54.3 Å². The van der Waals surface area contributed by atoms with E-state index in [1.165, 1.54) is 0 Å². The SMILES string of the molecule is CC1O[C@@H](COCC2C(COC[C@@H]3OC(C(=O)O)=CC(O)C3O)[C@H](O)OC(COS(=O)(=O)O)[C@H]2O)C(OS(=O)(=O)O)C(O)[C@@H]1OS(=O)(=O)O. The molecule has 3 aliphatic rings. The lowest BCUT2D eigenvalue weighted by atomic mass is 9.83. The maximum absolute atomic E-state index is 11.5. The Kier molecular flexibility index (Phi) is 14.2. The Morgan fingerprint density at radius 1 is 0.694 bits per heavy atom. The van der Waals surface area contributed by atoms with Crippen molar-refractivity contribution in [3.05, 3.63) is 11.8 Å². The van der Waals surface area contributed by atoms with E-state index in [1.54, 1.807) is 0 Å². The highest BCUT2D eigenvalue weighted by Crippen LogP contribution is 2.33. The summed E-state index contributed by atoms with van der Waals surface area (Å²) in [6.45, 7) is -2.39. The number of hydrogen-bond donors (Lipinski definition) is 9. The van der Waals surface area contributed by atoms with Crippen molar-refractivity contribution in [3.8, 4) is 0 Å². The average Bonchev–Trinajstić information content (AvgIpc) is 2.95. The fourth-order valence-corrected chi connectivity index (χ4v) is 6.62. The van der Waals surface area contributed by atoms with E-state index < -0.39 is 155 Å². The number of carboxylic acids is 1. The Balaban J connectivity index is 1.76. The van der Waals surface area contributed by atoms with Crippen molar-refractivity contribution < 1.29 is 111 Å². The van der Waals surface area contributed by atoms with Gasteiger partial charge in [-0.15, -0.1) is 0 Å². The number of rotatable bonds is 16. The number of carboxylic acid groups (broad SMARTS) is 1. The molecule has 286 valence electrons. The Morgan fingerprint density at radius 3 is 1.80 bits per heavy atom. The number of ether oxygens (including phenoxy) is 5. The minimum atomic E-state index is -5.34. The topological polar surface area (TPSA) is 375 Å². The predicted molar refractivity (Wildman–Crippen MR) is 149 cm³/mol. The fraction of sp³-hybridized carbons (Fsp3) is 0.864. The Hall–Kier alpha value is -1.74. The standard InChI is InChI=1S/C22H36O24S3/c1-8-19(45-48(33,34)35)18(26)20(46-49(36,37)38)15(42-8)6-39-3-9-10(22(29)44-14(16(9)24)7-41-47(30,31)32)4-40-5-13-17(25)11(23)2-12(43-13)21(27)28/h2,8-11,13-20,22-26,29H,3-7H2,1H3,(H,27,28)(H,30,31,32)(H,33,34,35)(H,36,37,38)/t8?,9?,10?,11?,13-,14?,15-,16-,17?,18?,19+,20?,22+/m0/s1. The summed E-state index contributed by atoms with van der Waals surface area (Å²) in [5.41, 5.74) is 0. The van der Waals surface area contributed by atoms with Crippen molar-refractivity contribution in [2.45, 2.75) is 74.3 Å². The first-order chi connectivity index (χ1) is 22.5. The maximum atomic E-state index is 11.5. The molecule has 0 saturated carbocycles. The molecule has 0 radical (unpaired) electrons. The molecule has 8 unspecified atom stereocenters. The van der Waals surface area contributed by atoms with Crippen LogP contribution >= 0.6 is 0 Å². The molecule has 0 bridgehead atoms. The molecule has 24 nitrogen and oxygen atoms in total. The van der Waals surface area contributed by atoms with Gasteiger partial charge in [0.15, 0.2) is 12.4 Å². The monoisotopic (exact) mass is 780 g/mol. The number of hydrogen-bond acceptors (Lipinski definition) is 20. The minimum absolute atomic E-state index is 0.564. The third-order valence-corrected chi connectivity index (χ3v) is 8.88. The predicted octanol–water partition coefficient (Wildman–Crippen LogP) is -5.24. The molecule has 0 aromatic carbocycles. The van der Waals surface area contributed by atoms with E-state index in [1.807, 2.05) is 0 Å². The largest absolute Gasteiger partial charge is 0.478 e. The van der Waals surface area contributed by atoms with Crippen molar-refractivity contribution in [2.24, 2.45) is 11.8 Å². The number of aliphatic hydroxyl groups is 5. The van der Waals surface area contributed by atoms with Gasteiger partial charge in [-0.1, -0.05) is 0 Å². The molecule has 13 atom stereocenters. The summed E-state index contributed by atoms with van der Waals surface area (Å²) >= 11 is 0. The van der Waals surface area contributed by atoms with Crippen LogP contribution in [0.2, 0.25) is 0 Å². The molecule has 0 aromatic heterocycles. The Labute approximate surface area is 278 Å². The molecule has 3 heterocycles. The van der Waals surface area contributed by atoms with Crippen molar-refractivity contribution >= 4 is 37.2 Å². The molecule has 27 heteroatoms. The van der Waals surface area contributed by atoms with Crippen LogP contribution in [0.15, 0.2) is 11.8 Å². The smallest absolute Gasteiger partial charge is 0.397 e. The molecule has 2 saturated heterocycles. The summed E-state index contributed by atoms with van der Waals surface area (Å²) < 4.78 is 134. The van der Waals surface area contributed by atoms with Gasteiger partial charge in [0.25, 0.3) is 0 Å². The zero-order valence-electron chi connectivity index (χ0n) is 25.0. The van der Waals surface area contributed by atoms with Gasteiger partial charge in [0.1, 0.15) is 42.7 Å². The van der Waals surface area contributed by atoms with Gasteiger partial charge in [0.2, 0.25) is 5.76 Å². The van der Waals surface area contributed by atoms with E-state index in [9.17, 15) is 60.1 Å². The van der Waals surface area contributed by atoms with Crippen LogP contribution in [0, 0.1) is 11.8 Å². The maximum Gasteiger partial charge on any atom is 0.397 e. The van der Waals surface area contributed by atoms with Crippen molar-refractivity contribution in [2.75, 3.05) is 33.0 Å². The van der Waals surface area contributed by atoms with E-state index >= 15 is 0 Å². The van der Waals surface area contributed by atoms with Gasteiger partial charge in [-0.05, 0) is 13.0 Å². The molecule has 9 N–H and O–H groups in total. The zero-order valence-corrected chi connectivity index (χ0v) is 27.4. The van der Waals surface area contributed by atoms with Gasteiger partial charge in [-0.25, -0.2) is 17.3 Å². The molecule has 2 fully saturated rings. The van der Waals surface area contributed by atoms with Crippen LogP contribution < -0.4 is 0 Å². The van der Waals surface area contributed by atoms with E-state index in [-0.39, 0.29) is 0 Å². The van der Waals surface area contributed by atoms with Gasteiger partial charge in [-0.2, -0.15) is 25.3 Å². The quantitative estimate of drug-likeness (QED) is 0.0661. The van der Waals surface area contributed by atoms with Crippen LogP contribution in [-0.2, 0) is 72.2 Å². The summed E-state index contributed by atoms with van der Waals surface area (Å²) in [5, 5.41) is 61.5. The summed E-state index contributed by atoms with van der Waals surface area (Å²) in [6.07, 6.45) is -18.5. The molecular formula is C22H36O24S3. The number of aliphatic hydroxyl groups excluding tert-OH is 5. The van der Waals surface area contributed by atoms with E-state index in [0.717, 1.165) is 13.0 Å². The lowest BCUT2D eigenvalue weighted by Gasteiger charge is -2.44. The molecule has 0 aliphatic carbocycles. The summed E-state index contributed by atoms with van der Waals surface area (Å²) in [5.74, 6) is -4.84. The van der Waals surface area contributed by atoms with Gasteiger partial charge in [-0.3, -0.25) is 13.7 Å². The van der Waals surface area contributed by atoms with E-state index in [0.29, 0.717) is 0 Å². The number of carbonyl (C=O) groups is 1. The molecular weight excluding hydrogens is 744 g/mol. The highest BCUT2D eigenvalue weighted by molar-refractivity contribution is 7.81. The Bertz CT molecular complexity index is 1480. The first-order valence-corrected chi connectivity index (χ1v) is 18.0. The van der Waals surface area contributed by atoms with Crippen LogP contribution in [0.5, 0.6) is 0 Å². The van der Waals surface area contributed by atoms with Crippen LogP contribution in [-0.4, -0.2) is 176 Å². The fourth-order valence-electron chi connectivity index (χ4n) is 5.24. The average molecular weight is 781 g/mol. The third-order valence-electron chi connectivity index (χ3n) is 7.52. The van der Waals surface area contributed by atoms with E-state index in [4.69, 9.17) is 37.9 Å². The highest BCUT2D eigenvalue weighted by Gasteiger charge is 2.50. The molecule has 49 heavy (non-hydrogen) atoms. The van der Waals surface area contributed by atoms with Crippen molar-refractivity contribution in [3.63, 3.8) is 0 Å². The zero-order chi connectivity index (χ0) is 37.1. The van der Waals surface area contributed by atoms with Crippen LogP contribution in [0.3, 0.4) is 0 Å². The third kappa shape index (κ3) is 12.2. The summed E-state index contributed by atoms with van der Waals surface area (Å²) in [7, 11) is -15.6. The first kappa shape index (κ1) is 41.7. The van der Waals surface area contributed by atoms with Crippen molar-refractivity contribution in [1.82, 2.24) is 0 Å². The minimum Gasteiger partial charge on any atom is -0.478 e. The highest BCUT2D eigenvalue weighted by atomic mass is 32.3.